The maximum Gasteiger partial charge on any atom is 0.244 e. The van der Waals surface area contributed by atoms with Gasteiger partial charge >= 0.3 is 0 Å². The van der Waals surface area contributed by atoms with Crippen molar-refractivity contribution < 1.29 is 9.53 Å². The lowest BCUT2D eigenvalue weighted by Gasteiger charge is -2.28. The SMILES string of the molecule is COc1ccc(CC(=O)N/N=C/c2ccc(N3CCCCC3)cc2)cc1. The van der Waals surface area contributed by atoms with E-state index in [0.717, 1.165) is 30.0 Å². The number of rotatable bonds is 6. The Labute approximate surface area is 154 Å². The number of hydrogen-bond donors (Lipinski definition) is 1. The number of anilines is 1. The van der Waals surface area contributed by atoms with Crippen molar-refractivity contribution in [3.63, 3.8) is 0 Å². The van der Waals surface area contributed by atoms with E-state index in [1.807, 2.05) is 36.4 Å². The predicted octanol–water partition coefficient (Wildman–Crippen LogP) is 3.38. The zero-order chi connectivity index (χ0) is 18.2. The fourth-order valence-corrected chi connectivity index (χ4v) is 3.07. The van der Waals surface area contributed by atoms with Crippen LogP contribution in [0.25, 0.3) is 0 Å². The Morgan fingerprint density at radius 1 is 1.08 bits per heavy atom. The molecule has 1 aliphatic rings. The lowest BCUT2D eigenvalue weighted by Crippen LogP contribution is -2.29. The van der Waals surface area contributed by atoms with Crippen LogP contribution in [0.15, 0.2) is 53.6 Å². The maximum absolute atomic E-state index is 12.0. The Balaban J connectivity index is 1.48. The van der Waals surface area contributed by atoms with E-state index in [1.54, 1.807) is 13.3 Å². The topological polar surface area (TPSA) is 53.9 Å². The number of amides is 1. The van der Waals surface area contributed by atoms with Crippen LogP contribution in [-0.2, 0) is 11.2 Å². The minimum atomic E-state index is -0.142. The van der Waals surface area contributed by atoms with Gasteiger partial charge in [-0.05, 0) is 54.7 Å². The second-order valence-electron chi connectivity index (χ2n) is 6.46. The van der Waals surface area contributed by atoms with Crippen molar-refractivity contribution in [2.45, 2.75) is 25.7 Å². The van der Waals surface area contributed by atoms with Crippen molar-refractivity contribution in [3.05, 3.63) is 59.7 Å². The summed E-state index contributed by atoms with van der Waals surface area (Å²) in [6, 6.07) is 15.7. The molecule has 5 heteroatoms. The van der Waals surface area contributed by atoms with Gasteiger partial charge in [0.05, 0.1) is 19.7 Å². The summed E-state index contributed by atoms with van der Waals surface area (Å²) < 4.78 is 5.11. The Kier molecular flexibility index (Phi) is 6.25. The molecule has 136 valence electrons. The van der Waals surface area contributed by atoms with Gasteiger partial charge in [0, 0.05) is 18.8 Å². The second-order valence-corrected chi connectivity index (χ2v) is 6.46. The Hall–Kier alpha value is -2.82. The number of nitrogens with zero attached hydrogens (tertiary/aromatic N) is 2. The normalized spacial score (nSPS) is 14.4. The van der Waals surface area contributed by atoms with Crippen LogP contribution in [0.1, 0.15) is 30.4 Å². The molecule has 0 spiro atoms. The van der Waals surface area contributed by atoms with Crippen LogP contribution < -0.4 is 15.1 Å². The molecule has 2 aromatic carbocycles. The van der Waals surface area contributed by atoms with E-state index < -0.39 is 0 Å². The van der Waals surface area contributed by atoms with Gasteiger partial charge in [-0.3, -0.25) is 4.79 Å². The molecule has 0 aromatic heterocycles. The molecular weight excluding hydrogens is 326 g/mol. The molecule has 2 aromatic rings. The van der Waals surface area contributed by atoms with Gasteiger partial charge in [0.2, 0.25) is 5.91 Å². The summed E-state index contributed by atoms with van der Waals surface area (Å²) in [5.74, 6) is 0.636. The molecule has 3 rings (SSSR count). The highest BCUT2D eigenvalue weighted by Gasteiger charge is 2.10. The molecule has 0 atom stereocenters. The quantitative estimate of drug-likeness (QED) is 0.641. The number of hydrogen-bond acceptors (Lipinski definition) is 4. The van der Waals surface area contributed by atoms with Gasteiger partial charge in [0.25, 0.3) is 0 Å². The van der Waals surface area contributed by atoms with E-state index in [4.69, 9.17) is 4.74 Å². The number of nitrogens with one attached hydrogen (secondary N) is 1. The Morgan fingerprint density at radius 3 is 2.42 bits per heavy atom. The molecule has 0 aliphatic carbocycles. The summed E-state index contributed by atoms with van der Waals surface area (Å²) in [6.45, 7) is 2.27. The minimum absolute atomic E-state index is 0.142. The first-order valence-corrected chi connectivity index (χ1v) is 9.04. The fraction of sp³-hybridized carbons (Fsp3) is 0.333. The summed E-state index contributed by atoms with van der Waals surface area (Å²) in [6.07, 6.45) is 5.82. The van der Waals surface area contributed by atoms with Crippen LogP contribution in [0, 0.1) is 0 Å². The fourth-order valence-electron chi connectivity index (χ4n) is 3.07. The third-order valence-corrected chi connectivity index (χ3v) is 4.54. The number of carbonyl (C=O) groups is 1. The van der Waals surface area contributed by atoms with E-state index >= 15 is 0 Å². The largest absolute Gasteiger partial charge is 0.497 e. The molecule has 1 amide bonds. The molecule has 1 N–H and O–H groups in total. The van der Waals surface area contributed by atoms with Crippen molar-refractivity contribution in [2.75, 3.05) is 25.1 Å². The minimum Gasteiger partial charge on any atom is -0.497 e. The highest BCUT2D eigenvalue weighted by atomic mass is 16.5. The van der Waals surface area contributed by atoms with Crippen molar-refractivity contribution in [3.8, 4) is 5.75 Å². The number of benzene rings is 2. The lowest BCUT2D eigenvalue weighted by molar-refractivity contribution is -0.120. The van der Waals surface area contributed by atoms with Crippen molar-refractivity contribution in [2.24, 2.45) is 5.10 Å². The number of methoxy groups -OCH3 is 1. The molecule has 1 saturated heterocycles. The first-order chi connectivity index (χ1) is 12.7. The molecular formula is C21H25N3O2. The summed E-state index contributed by atoms with van der Waals surface area (Å²) >= 11 is 0. The molecule has 1 fully saturated rings. The maximum atomic E-state index is 12.0. The Bertz CT molecular complexity index is 733. The molecule has 0 unspecified atom stereocenters. The van der Waals surface area contributed by atoms with Crippen LogP contribution >= 0.6 is 0 Å². The average Bonchev–Trinajstić information content (AvgIpc) is 2.70. The van der Waals surface area contributed by atoms with Crippen molar-refractivity contribution in [1.29, 1.82) is 0 Å². The van der Waals surface area contributed by atoms with Crippen LogP contribution in [0.4, 0.5) is 5.69 Å². The van der Waals surface area contributed by atoms with E-state index in [2.05, 4.69) is 27.6 Å². The smallest absolute Gasteiger partial charge is 0.244 e. The van der Waals surface area contributed by atoms with Crippen LogP contribution in [0.2, 0.25) is 0 Å². The van der Waals surface area contributed by atoms with Crippen LogP contribution in [-0.4, -0.2) is 32.3 Å². The van der Waals surface area contributed by atoms with Gasteiger partial charge in [-0.25, -0.2) is 5.43 Å². The predicted molar refractivity (Wildman–Crippen MR) is 105 cm³/mol. The van der Waals surface area contributed by atoms with Gasteiger partial charge in [0.1, 0.15) is 5.75 Å². The van der Waals surface area contributed by atoms with Gasteiger partial charge in [-0.1, -0.05) is 24.3 Å². The van der Waals surface area contributed by atoms with E-state index in [0.29, 0.717) is 0 Å². The third-order valence-electron chi connectivity index (χ3n) is 4.54. The summed E-state index contributed by atoms with van der Waals surface area (Å²) in [7, 11) is 1.62. The summed E-state index contributed by atoms with van der Waals surface area (Å²) in [5.41, 5.74) is 5.72. The van der Waals surface area contributed by atoms with Gasteiger partial charge in [0.15, 0.2) is 0 Å². The van der Waals surface area contributed by atoms with Crippen LogP contribution in [0.3, 0.4) is 0 Å². The average molecular weight is 351 g/mol. The molecule has 26 heavy (non-hydrogen) atoms. The molecule has 0 saturated carbocycles. The van der Waals surface area contributed by atoms with Crippen LogP contribution in [0.5, 0.6) is 5.75 Å². The molecule has 0 radical (unpaired) electrons. The lowest BCUT2D eigenvalue weighted by atomic mass is 10.1. The molecule has 5 nitrogen and oxygen atoms in total. The first kappa shape index (κ1) is 18.0. The highest BCUT2D eigenvalue weighted by molar-refractivity contribution is 5.83. The van der Waals surface area contributed by atoms with Gasteiger partial charge in [-0.2, -0.15) is 5.10 Å². The van der Waals surface area contributed by atoms with Crippen molar-refractivity contribution in [1.82, 2.24) is 5.43 Å². The van der Waals surface area contributed by atoms with E-state index in [-0.39, 0.29) is 12.3 Å². The molecule has 1 heterocycles. The number of piperidine rings is 1. The zero-order valence-electron chi connectivity index (χ0n) is 15.1. The van der Waals surface area contributed by atoms with Crippen molar-refractivity contribution >= 4 is 17.8 Å². The summed E-state index contributed by atoms with van der Waals surface area (Å²) in [5, 5.41) is 4.05. The van der Waals surface area contributed by atoms with E-state index in [1.165, 1.54) is 24.9 Å². The second kappa shape index (κ2) is 9.04. The van der Waals surface area contributed by atoms with E-state index in [9.17, 15) is 4.79 Å². The molecule has 1 aliphatic heterocycles. The first-order valence-electron chi connectivity index (χ1n) is 9.04. The number of carbonyl (C=O) groups excluding carboxylic acids is 1. The number of ether oxygens (including phenoxy) is 1. The zero-order valence-corrected chi connectivity index (χ0v) is 15.1. The third kappa shape index (κ3) is 5.09. The standard InChI is InChI=1S/C21H25N3O2/c1-26-20-11-7-17(8-12-20)15-21(25)23-22-16-18-5-9-19(10-6-18)24-13-3-2-4-14-24/h5-12,16H,2-4,13-15H2,1H3,(H,23,25)/b22-16+. The molecule has 0 bridgehead atoms. The summed E-state index contributed by atoms with van der Waals surface area (Å²) in [4.78, 5) is 14.4. The number of hydrazone groups is 1. The Morgan fingerprint density at radius 2 is 1.77 bits per heavy atom. The van der Waals surface area contributed by atoms with Gasteiger partial charge in [-0.15, -0.1) is 0 Å². The van der Waals surface area contributed by atoms with Gasteiger partial charge < -0.3 is 9.64 Å². The monoisotopic (exact) mass is 351 g/mol. The highest BCUT2D eigenvalue weighted by Crippen LogP contribution is 2.19.